The first kappa shape index (κ1) is 14.5. The lowest BCUT2D eigenvalue weighted by molar-refractivity contribution is -0.0791. The lowest BCUT2D eigenvalue weighted by Crippen LogP contribution is -2.47. The maximum atomic E-state index is 6.52. The molecule has 0 unspecified atom stereocenters. The van der Waals surface area contributed by atoms with Crippen molar-refractivity contribution in [2.24, 2.45) is 16.7 Å². The van der Waals surface area contributed by atoms with Crippen LogP contribution in [-0.2, 0) is 11.3 Å². The van der Waals surface area contributed by atoms with Crippen molar-refractivity contribution < 1.29 is 4.74 Å². The van der Waals surface area contributed by atoms with Gasteiger partial charge >= 0.3 is 0 Å². The molecule has 0 radical (unpaired) electrons. The molecule has 0 aromatic heterocycles. The van der Waals surface area contributed by atoms with Crippen molar-refractivity contribution in [1.82, 2.24) is 0 Å². The van der Waals surface area contributed by atoms with E-state index < -0.39 is 0 Å². The van der Waals surface area contributed by atoms with Crippen molar-refractivity contribution in [3.8, 4) is 0 Å². The highest BCUT2D eigenvalue weighted by molar-refractivity contribution is 5.32. The summed E-state index contributed by atoms with van der Waals surface area (Å²) in [6, 6.07) is 10.6. The van der Waals surface area contributed by atoms with E-state index in [1.54, 1.807) is 5.57 Å². The second-order valence-electron chi connectivity index (χ2n) is 8.23. The van der Waals surface area contributed by atoms with Gasteiger partial charge < -0.3 is 4.74 Å². The second-order valence-corrected chi connectivity index (χ2v) is 8.23. The SMILES string of the molecule is CC1(C)C2=CCCC[C@]23CC[C@@H](C3)[C@@H]1OCc1ccccc1. The molecule has 3 atom stereocenters. The van der Waals surface area contributed by atoms with Crippen LogP contribution in [-0.4, -0.2) is 6.10 Å². The van der Waals surface area contributed by atoms with Gasteiger partial charge in [0.1, 0.15) is 0 Å². The van der Waals surface area contributed by atoms with Gasteiger partial charge in [0.25, 0.3) is 0 Å². The van der Waals surface area contributed by atoms with Crippen LogP contribution in [0.25, 0.3) is 0 Å². The molecular formula is C21H28O. The monoisotopic (exact) mass is 296 g/mol. The fraction of sp³-hybridized carbons (Fsp3) is 0.619. The van der Waals surface area contributed by atoms with Gasteiger partial charge in [-0.05, 0) is 55.4 Å². The minimum atomic E-state index is 0.203. The molecule has 118 valence electrons. The Morgan fingerprint density at radius 3 is 2.77 bits per heavy atom. The van der Waals surface area contributed by atoms with Gasteiger partial charge in [0, 0.05) is 5.41 Å². The van der Waals surface area contributed by atoms with Gasteiger partial charge in [0.2, 0.25) is 0 Å². The van der Waals surface area contributed by atoms with Crippen molar-refractivity contribution in [2.45, 2.75) is 65.1 Å². The third-order valence-electron chi connectivity index (χ3n) is 6.53. The Kier molecular flexibility index (Phi) is 3.45. The Labute approximate surface area is 134 Å². The van der Waals surface area contributed by atoms with Crippen LogP contribution in [0.15, 0.2) is 42.0 Å². The van der Waals surface area contributed by atoms with Gasteiger partial charge in [-0.2, -0.15) is 0 Å². The van der Waals surface area contributed by atoms with Crippen molar-refractivity contribution in [1.29, 1.82) is 0 Å². The van der Waals surface area contributed by atoms with Crippen LogP contribution in [0.4, 0.5) is 0 Å². The highest BCUT2D eigenvalue weighted by atomic mass is 16.5. The first-order valence-electron chi connectivity index (χ1n) is 8.98. The molecule has 0 aliphatic heterocycles. The molecule has 0 saturated heterocycles. The Balaban J connectivity index is 1.59. The molecule has 1 aromatic rings. The smallest absolute Gasteiger partial charge is 0.0721 e. The molecule has 1 spiro atoms. The fourth-order valence-corrected chi connectivity index (χ4v) is 5.73. The van der Waals surface area contributed by atoms with E-state index in [1.165, 1.54) is 44.1 Å². The van der Waals surface area contributed by atoms with E-state index in [-0.39, 0.29) is 5.41 Å². The zero-order chi connectivity index (χ0) is 15.2. The highest BCUT2D eigenvalue weighted by Gasteiger charge is 2.57. The van der Waals surface area contributed by atoms with Crippen LogP contribution in [0.1, 0.15) is 57.9 Å². The average molecular weight is 296 g/mol. The second kappa shape index (κ2) is 5.23. The molecular weight excluding hydrogens is 268 g/mol. The van der Waals surface area contributed by atoms with E-state index in [2.05, 4.69) is 50.3 Å². The zero-order valence-corrected chi connectivity index (χ0v) is 14.0. The summed E-state index contributed by atoms with van der Waals surface area (Å²) >= 11 is 0. The molecule has 2 fully saturated rings. The van der Waals surface area contributed by atoms with Gasteiger partial charge in [-0.25, -0.2) is 0 Å². The summed E-state index contributed by atoms with van der Waals surface area (Å²) in [7, 11) is 0. The molecule has 2 saturated carbocycles. The summed E-state index contributed by atoms with van der Waals surface area (Å²) in [5, 5.41) is 0. The van der Waals surface area contributed by atoms with Crippen molar-refractivity contribution in [3.63, 3.8) is 0 Å². The van der Waals surface area contributed by atoms with Crippen LogP contribution in [0.5, 0.6) is 0 Å². The summed E-state index contributed by atoms with van der Waals surface area (Å²) < 4.78 is 6.52. The van der Waals surface area contributed by atoms with Gasteiger partial charge in [-0.15, -0.1) is 0 Å². The maximum Gasteiger partial charge on any atom is 0.0721 e. The summed E-state index contributed by atoms with van der Waals surface area (Å²) in [5.74, 6) is 0.758. The first-order valence-corrected chi connectivity index (χ1v) is 8.98. The molecule has 2 bridgehead atoms. The van der Waals surface area contributed by atoms with Crippen molar-refractivity contribution in [2.75, 3.05) is 0 Å². The number of fused-ring (bicyclic) bond motifs is 1. The Morgan fingerprint density at radius 2 is 1.95 bits per heavy atom. The third-order valence-corrected chi connectivity index (χ3v) is 6.53. The highest BCUT2D eigenvalue weighted by Crippen LogP contribution is 2.64. The number of hydrogen-bond acceptors (Lipinski definition) is 1. The Morgan fingerprint density at radius 1 is 1.14 bits per heavy atom. The minimum absolute atomic E-state index is 0.203. The normalized spacial score (nSPS) is 35.8. The van der Waals surface area contributed by atoms with E-state index in [4.69, 9.17) is 4.74 Å². The maximum absolute atomic E-state index is 6.52. The number of ether oxygens (including phenoxy) is 1. The molecule has 1 aromatic carbocycles. The zero-order valence-electron chi connectivity index (χ0n) is 14.0. The largest absolute Gasteiger partial charge is 0.372 e. The molecule has 4 rings (SSSR count). The predicted molar refractivity (Wildman–Crippen MR) is 90.5 cm³/mol. The average Bonchev–Trinajstić information content (AvgIpc) is 2.88. The van der Waals surface area contributed by atoms with Crippen LogP contribution in [0, 0.1) is 16.7 Å². The van der Waals surface area contributed by atoms with Gasteiger partial charge in [-0.3, -0.25) is 0 Å². The minimum Gasteiger partial charge on any atom is -0.372 e. The van der Waals surface area contributed by atoms with Gasteiger partial charge in [-0.1, -0.05) is 55.8 Å². The molecule has 22 heavy (non-hydrogen) atoms. The predicted octanol–water partition coefficient (Wildman–Crippen LogP) is 5.51. The number of hydrogen-bond donors (Lipinski definition) is 0. The van der Waals surface area contributed by atoms with Gasteiger partial charge in [0.05, 0.1) is 12.7 Å². The number of allylic oxidation sites excluding steroid dienone is 1. The summed E-state index contributed by atoms with van der Waals surface area (Å²) in [5.41, 5.74) is 3.78. The van der Waals surface area contributed by atoms with Crippen LogP contribution < -0.4 is 0 Å². The van der Waals surface area contributed by atoms with Crippen molar-refractivity contribution >= 4 is 0 Å². The molecule has 1 nitrogen and oxygen atoms in total. The molecule has 0 heterocycles. The third kappa shape index (κ3) is 2.17. The standard InChI is InChI=1S/C21H28O/c1-20(2)18-10-6-7-12-21(18)13-11-17(14-21)19(20)22-15-16-8-4-3-5-9-16/h3-5,8-10,17,19H,6-7,11-15H2,1-2H3/t17-,19-,21+/m0/s1. The lowest BCUT2D eigenvalue weighted by atomic mass is 9.56. The Bertz CT molecular complexity index is 571. The van der Waals surface area contributed by atoms with E-state index in [9.17, 15) is 0 Å². The quantitative estimate of drug-likeness (QED) is 0.668. The van der Waals surface area contributed by atoms with Crippen LogP contribution in [0.3, 0.4) is 0 Å². The van der Waals surface area contributed by atoms with Crippen molar-refractivity contribution in [3.05, 3.63) is 47.5 Å². The van der Waals surface area contributed by atoms with Crippen LogP contribution in [0.2, 0.25) is 0 Å². The lowest BCUT2D eigenvalue weighted by Gasteiger charge is -2.52. The molecule has 1 heteroatoms. The fourth-order valence-electron chi connectivity index (χ4n) is 5.73. The van der Waals surface area contributed by atoms with E-state index in [0.29, 0.717) is 11.5 Å². The summed E-state index contributed by atoms with van der Waals surface area (Å²) in [6.45, 7) is 5.63. The Hall–Kier alpha value is -1.08. The number of rotatable bonds is 3. The molecule has 3 aliphatic carbocycles. The molecule has 3 aliphatic rings. The van der Waals surface area contributed by atoms with E-state index in [1.807, 2.05) is 0 Å². The molecule has 0 amide bonds. The summed E-state index contributed by atoms with van der Waals surface area (Å²) in [4.78, 5) is 0. The summed E-state index contributed by atoms with van der Waals surface area (Å²) in [6.07, 6.45) is 11.2. The van der Waals surface area contributed by atoms with Crippen LogP contribution >= 0.6 is 0 Å². The van der Waals surface area contributed by atoms with Gasteiger partial charge in [0.15, 0.2) is 0 Å². The van der Waals surface area contributed by atoms with E-state index in [0.717, 1.165) is 12.5 Å². The molecule has 0 N–H and O–H groups in total. The number of benzene rings is 1. The van der Waals surface area contributed by atoms with E-state index >= 15 is 0 Å². The first-order chi connectivity index (χ1) is 10.6. The topological polar surface area (TPSA) is 9.23 Å².